The van der Waals surface area contributed by atoms with E-state index in [-0.39, 0.29) is 0 Å². The van der Waals surface area contributed by atoms with Crippen LogP contribution in [0, 0.1) is 5.92 Å². The Balaban J connectivity index is 2.31. The van der Waals surface area contributed by atoms with E-state index < -0.39 is 0 Å². The van der Waals surface area contributed by atoms with Crippen molar-refractivity contribution < 1.29 is 0 Å². The van der Waals surface area contributed by atoms with Crippen molar-refractivity contribution in [3.05, 3.63) is 36.5 Å². The highest BCUT2D eigenvalue weighted by atomic mass is 14.1. The summed E-state index contributed by atoms with van der Waals surface area (Å²) in [5.74, 6) is 0.814. The molecule has 0 bridgehead atoms. The standard InChI is InChI=1S/C12H18/c1-3-7-11(4-2)10-12-8-5-6-9-12/h3,5-6,8,11H,1,4,7,9-10H2,2H3. The lowest BCUT2D eigenvalue weighted by atomic mass is 9.93. The van der Waals surface area contributed by atoms with Crippen LogP contribution in [-0.2, 0) is 0 Å². The minimum absolute atomic E-state index is 0.814. The molecule has 0 aromatic heterocycles. The van der Waals surface area contributed by atoms with Gasteiger partial charge in [0, 0.05) is 0 Å². The lowest BCUT2D eigenvalue weighted by Gasteiger charge is -2.12. The van der Waals surface area contributed by atoms with Crippen LogP contribution in [0.1, 0.15) is 32.6 Å². The zero-order chi connectivity index (χ0) is 8.81. The van der Waals surface area contributed by atoms with Crippen molar-refractivity contribution in [1.82, 2.24) is 0 Å². The van der Waals surface area contributed by atoms with E-state index in [1.54, 1.807) is 5.57 Å². The first-order valence-electron chi connectivity index (χ1n) is 4.82. The summed E-state index contributed by atoms with van der Waals surface area (Å²) < 4.78 is 0. The summed E-state index contributed by atoms with van der Waals surface area (Å²) in [6, 6.07) is 0. The molecule has 0 fully saturated rings. The van der Waals surface area contributed by atoms with Crippen molar-refractivity contribution in [2.24, 2.45) is 5.92 Å². The van der Waals surface area contributed by atoms with E-state index >= 15 is 0 Å². The summed E-state index contributed by atoms with van der Waals surface area (Å²) >= 11 is 0. The van der Waals surface area contributed by atoms with Gasteiger partial charge >= 0.3 is 0 Å². The molecular weight excluding hydrogens is 144 g/mol. The fourth-order valence-corrected chi connectivity index (χ4v) is 1.64. The van der Waals surface area contributed by atoms with Gasteiger partial charge in [-0.25, -0.2) is 0 Å². The summed E-state index contributed by atoms with van der Waals surface area (Å²) in [6.07, 6.45) is 13.6. The van der Waals surface area contributed by atoms with Crippen molar-refractivity contribution in [2.45, 2.75) is 32.6 Å². The topological polar surface area (TPSA) is 0 Å². The molecule has 0 aromatic carbocycles. The Hall–Kier alpha value is -0.780. The monoisotopic (exact) mass is 162 g/mol. The van der Waals surface area contributed by atoms with E-state index in [1.165, 1.54) is 19.3 Å². The van der Waals surface area contributed by atoms with Crippen molar-refractivity contribution in [3.63, 3.8) is 0 Å². The highest BCUT2D eigenvalue weighted by Gasteiger charge is 2.07. The maximum atomic E-state index is 3.79. The molecular formula is C12H18. The van der Waals surface area contributed by atoms with Crippen LogP contribution < -0.4 is 0 Å². The summed E-state index contributed by atoms with van der Waals surface area (Å²) in [6.45, 7) is 6.05. The predicted molar refractivity (Wildman–Crippen MR) is 55.1 cm³/mol. The summed E-state index contributed by atoms with van der Waals surface area (Å²) in [7, 11) is 0. The molecule has 66 valence electrons. The third-order valence-corrected chi connectivity index (χ3v) is 2.48. The van der Waals surface area contributed by atoms with Gasteiger partial charge in [-0.2, -0.15) is 0 Å². The van der Waals surface area contributed by atoms with Gasteiger partial charge in [-0.3, -0.25) is 0 Å². The molecule has 1 unspecified atom stereocenters. The number of hydrogen-bond donors (Lipinski definition) is 0. The second kappa shape index (κ2) is 4.97. The molecule has 0 radical (unpaired) electrons. The van der Waals surface area contributed by atoms with E-state index in [0.29, 0.717) is 0 Å². The van der Waals surface area contributed by atoms with Gasteiger partial charge in [-0.05, 0) is 25.2 Å². The first kappa shape index (κ1) is 9.31. The molecule has 0 N–H and O–H groups in total. The van der Waals surface area contributed by atoms with Gasteiger partial charge in [-0.15, -0.1) is 6.58 Å². The second-order valence-electron chi connectivity index (χ2n) is 3.46. The zero-order valence-electron chi connectivity index (χ0n) is 7.92. The average molecular weight is 162 g/mol. The van der Waals surface area contributed by atoms with Crippen LogP contribution in [0.4, 0.5) is 0 Å². The Labute approximate surface area is 75.7 Å². The molecule has 0 aromatic rings. The van der Waals surface area contributed by atoms with E-state index in [9.17, 15) is 0 Å². The van der Waals surface area contributed by atoms with Crippen molar-refractivity contribution in [2.75, 3.05) is 0 Å². The first-order chi connectivity index (χ1) is 5.86. The number of allylic oxidation sites excluding steroid dienone is 5. The van der Waals surface area contributed by atoms with Crippen LogP contribution in [-0.4, -0.2) is 0 Å². The van der Waals surface area contributed by atoms with Gasteiger partial charge in [0.1, 0.15) is 0 Å². The SMILES string of the molecule is C=CCC(CC)CC1=CC=CC1. The quantitative estimate of drug-likeness (QED) is 0.538. The van der Waals surface area contributed by atoms with Gasteiger partial charge in [0.15, 0.2) is 0 Å². The normalized spacial score (nSPS) is 17.6. The van der Waals surface area contributed by atoms with E-state index in [0.717, 1.165) is 12.3 Å². The highest BCUT2D eigenvalue weighted by molar-refractivity contribution is 5.23. The molecule has 1 aliphatic rings. The smallest absolute Gasteiger partial charge is 0.0132 e. The van der Waals surface area contributed by atoms with E-state index in [4.69, 9.17) is 0 Å². The van der Waals surface area contributed by atoms with Crippen molar-refractivity contribution in [3.8, 4) is 0 Å². The Bertz CT molecular complexity index is 196. The molecule has 0 spiro atoms. The van der Waals surface area contributed by atoms with Gasteiger partial charge in [-0.1, -0.05) is 43.2 Å². The summed E-state index contributed by atoms with van der Waals surface area (Å²) in [5.41, 5.74) is 1.59. The average Bonchev–Trinajstić information content (AvgIpc) is 2.56. The van der Waals surface area contributed by atoms with Crippen LogP contribution in [0.3, 0.4) is 0 Å². The predicted octanol–water partition coefficient (Wildman–Crippen LogP) is 3.87. The molecule has 0 saturated carbocycles. The van der Waals surface area contributed by atoms with Crippen LogP contribution in [0.5, 0.6) is 0 Å². The molecule has 1 rings (SSSR count). The van der Waals surface area contributed by atoms with E-state index in [1.807, 2.05) is 6.08 Å². The zero-order valence-corrected chi connectivity index (χ0v) is 7.92. The van der Waals surface area contributed by atoms with Gasteiger partial charge in [0.25, 0.3) is 0 Å². The second-order valence-corrected chi connectivity index (χ2v) is 3.46. The fourth-order valence-electron chi connectivity index (χ4n) is 1.64. The number of hydrogen-bond acceptors (Lipinski definition) is 0. The molecule has 0 heteroatoms. The van der Waals surface area contributed by atoms with Gasteiger partial charge in [0.05, 0.1) is 0 Å². The van der Waals surface area contributed by atoms with Crippen LogP contribution >= 0.6 is 0 Å². The Kier molecular flexibility index (Phi) is 3.86. The molecule has 0 saturated heterocycles. The fraction of sp³-hybridized carbons (Fsp3) is 0.500. The molecule has 1 atom stereocenters. The Morgan fingerprint density at radius 2 is 2.50 bits per heavy atom. The van der Waals surface area contributed by atoms with Crippen molar-refractivity contribution in [1.29, 1.82) is 0 Å². The minimum Gasteiger partial charge on any atom is -0.103 e. The summed E-state index contributed by atoms with van der Waals surface area (Å²) in [4.78, 5) is 0. The number of rotatable bonds is 5. The van der Waals surface area contributed by atoms with Crippen LogP contribution in [0.15, 0.2) is 36.5 Å². The van der Waals surface area contributed by atoms with Crippen molar-refractivity contribution >= 4 is 0 Å². The van der Waals surface area contributed by atoms with Gasteiger partial charge in [0.2, 0.25) is 0 Å². The Morgan fingerprint density at radius 1 is 1.67 bits per heavy atom. The largest absolute Gasteiger partial charge is 0.103 e. The van der Waals surface area contributed by atoms with Crippen LogP contribution in [0.2, 0.25) is 0 Å². The summed E-state index contributed by atoms with van der Waals surface area (Å²) in [5, 5.41) is 0. The molecule has 12 heavy (non-hydrogen) atoms. The molecule has 0 aliphatic heterocycles. The first-order valence-corrected chi connectivity index (χ1v) is 4.82. The lowest BCUT2D eigenvalue weighted by molar-refractivity contribution is 0.509. The van der Waals surface area contributed by atoms with Crippen LogP contribution in [0.25, 0.3) is 0 Å². The van der Waals surface area contributed by atoms with Gasteiger partial charge < -0.3 is 0 Å². The maximum absolute atomic E-state index is 3.79. The third-order valence-electron chi connectivity index (χ3n) is 2.48. The minimum atomic E-state index is 0.814. The third kappa shape index (κ3) is 2.69. The lowest BCUT2D eigenvalue weighted by Crippen LogP contribution is -1.98. The molecule has 0 heterocycles. The molecule has 0 amide bonds. The molecule has 1 aliphatic carbocycles. The Morgan fingerprint density at radius 3 is 3.00 bits per heavy atom. The highest BCUT2D eigenvalue weighted by Crippen LogP contribution is 2.23. The molecule has 0 nitrogen and oxygen atoms in total. The van der Waals surface area contributed by atoms with E-state index in [2.05, 4.69) is 31.7 Å². The maximum Gasteiger partial charge on any atom is -0.0132 e.